The third-order valence-corrected chi connectivity index (χ3v) is 4.04. The first-order chi connectivity index (χ1) is 9.58. The zero-order valence-corrected chi connectivity index (χ0v) is 13.8. The molecule has 0 amide bonds. The number of nitrogens with one attached hydrogen (secondary N) is 1. The zero-order valence-electron chi connectivity index (χ0n) is 12.2. The number of hydrogen-bond donors (Lipinski definition) is 1. The van der Waals surface area contributed by atoms with Gasteiger partial charge in [0.2, 0.25) is 0 Å². The van der Waals surface area contributed by atoms with E-state index in [1.807, 2.05) is 13.0 Å². The van der Waals surface area contributed by atoms with E-state index in [0.29, 0.717) is 11.8 Å². The molecule has 0 spiro atoms. The van der Waals surface area contributed by atoms with E-state index in [0.717, 1.165) is 22.5 Å². The summed E-state index contributed by atoms with van der Waals surface area (Å²) in [4.78, 5) is 4.42. The minimum absolute atomic E-state index is 0.499. The lowest BCUT2D eigenvalue weighted by Crippen LogP contribution is -2.18. The van der Waals surface area contributed by atoms with Crippen molar-refractivity contribution in [2.75, 3.05) is 11.9 Å². The molecule has 0 radical (unpaired) electrons. The Morgan fingerprint density at radius 1 is 1.10 bits per heavy atom. The van der Waals surface area contributed by atoms with Gasteiger partial charge in [0.25, 0.3) is 0 Å². The lowest BCUT2D eigenvalue weighted by molar-refractivity contribution is 0.517. The van der Waals surface area contributed by atoms with E-state index in [1.54, 1.807) is 0 Å². The third-order valence-electron chi connectivity index (χ3n) is 3.60. The number of anilines is 1. The van der Waals surface area contributed by atoms with Crippen molar-refractivity contribution in [3.8, 4) is 0 Å². The molecule has 1 aromatic carbocycles. The van der Waals surface area contributed by atoms with Crippen molar-refractivity contribution in [3.63, 3.8) is 0 Å². The van der Waals surface area contributed by atoms with Crippen LogP contribution in [-0.4, -0.2) is 11.5 Å². The molecule has 1 N–H and O–H groups in total. The highest BCUT2D eigenvalue weighted by molar-refractivity contribution is 9.10. The molecule has 2 rings (SSSR count). The van der Waals surface area contributed by atoms with Gasteiger partial charge in [-0.25, -0.2) is 4.98 Å². The molecule has 0 fully saturated rings. The van der Waals surface area contributed by atoms with Gasteiger partial charge < -0.3 is 5.32 Å². The Labute approximate surface area is 129 Å². The summed E-state index contributed by atoms with van der Waals surface area (Å²) < 4.78 is 0.879. The molecule has 1 aromatic heterocycles. The Morgan fingerprint density at radius 3 is 2.40 bits per heavy atom. The number of hydrogen-bond acceptors (Lipinski definition) is 2. The van der Waals surface area contributed by atoms with Gasteiger partial charge in [-0.05, 0) is 46.5 Å². The van der Waals surface area contributed by atoms with Crippen LogP contribution in [0, 0.1) is 12.8 Å². The molecule has 0 bridgehead atoms. The first-order valence-corrected chi connectivity index (χ1v) is 7.79. The predicted octanol–water partition coefficient (Wildman–Crippen LogP) is 5.00. The quantitative estimate of drug-likeness (QED) is 0.779. The largest absolute Gasteiger partial charge is 0.383 e. The number of nitrogens with zero attached hydrogens (tertiary/aromatic N) is 1. The van der Waals surface area contributed by atoms with E-state index in [2.05, 4.69) is 76.5 Å². The van der Waals surface area contributed by atoms with Gasteiger partial charge in [0.15, 0.2) is 0 Å². The molecule has 1 heterocycles. The van der Waals surface area contributed by atoms with Crippen molar-refractivity contribution >= 4 is 21.6 Å². The van der Waals surface area contributed by atoms with Gasteiger partial charge >= 0.3 is 0 Å². The van der Waals surface area contributed by atoms with Crippen molar-refractivity contribution in [3.05, 3.63) is 58.3 Å². The highest BCUT2D eigenvalue weighted by atomic mass is 79.9. The van der Waals surface area contributed by atoms with E-state index in [4.69, 9.17) is 0 Å². The maximum atomic E-state index is 4.42. The number of aromatic nitrogens is 1. The van der Waals surface area contributed by atoms with Crippen LogP contribution in [-0.2, 0) is 0 Å². The van der Waals surface area contributed by atoms with E-state index < -0.39 is 0 Å². The Kier molecular flexibility index (Phi) is 5.18. The Hall–Kier alpha value is -1.35. The smallest absolute Gasteiger partial charge is 0.106 e. The summed E-state index contributed by atoms with van der Waals surface area (Å²) in [6, 6.07) is 14.8. The molecule has 1 atom stereocenters. The molecular formula is C17H21BrN2. The maximum Gasteiger partial charge on any atom is 0.106 e. The van der Waals surface area contributed by atoms with Crippen LogP contribution >= 0.6 is 15.9 Å². The Balaban J connectivity index is 2.10. The van der Waals surface area contributed by atoms with Crippen LogP contribution in [0.2, 0.25) is 0 Å². The van der Waals surface area contributed by atoms with Crippen LogP contribution in [0.5, 0.6) is 0 Å². The van der Waals surface area contributed by atoms with E-state index in [-0.39, 0.29) is 0 Å². The zero-order chi connectivity index (χ0) is 14.5. The van der Waals surface area contributed by atoms with E-state index in [1.165, 1.54) is 5.56 Å². The van der Waals surface area contributed by atoms with Gasteiger partial charge in [0, 0.05) is 12.5 Å². The molecule has 0 saturated carbocycles. The fraction of sp³-hybridized carbons (Fsp3) is 0.353. The average molecular weight is 333 g/mol. The molecule has 2 nitrogen and oxygen atoms in total. The molecule has 1 unspecified atom stereocenters. The molecule has 0 aliphatic carbocycles. The summed E-state index contributed by atoms with van der Waals surface area (Å²) in [7, 11) is 0. The molecule has 2 aromatic rings. The predicted molar refractivity (Wildman–Crippen MR) is 89.2 cm³/mol. The summed E-state index contributed by atoms with van der Waals surface area (Å²) in [5.41, 5.74) is 3.52. The fourth-order valence-corrected chi connectivity index (χ4v) is 2.77. The summed E-state index contributed by atoms with van der Waals surface area (Å²) in [5, 5.41) is 3.54. The van der Waals surface area contributed by atoms with Crippen LogP contribution in [0.25, 0.3) is 0 Å². The van der Waals surface area contributed by atoms with Gasteiger partial charge in [-0.1, -0.05) is 44.2 Å². The van der Waals surface area contributed by atoms with Crippen LogP contribution in [0.3, 0.4) is 0 Å². The van der Waals surface area contributed by atoms with E-state index >= 15 is 0 Å². The van der Waals surface area contributed by atoms with Crippen LogP contribution < -0.4 is 5.32 Å². The highest BCUT2D eigenvalue weighted by Crippen LogP contribution is 2.25. The lowest BCUT2D eigenvalue weighted by atomic mass is 9.88. The van der Waals surface area contributed by atoms with Crippen LogP contribution in [0.1, 0.15) is 31.0 Å². The highest BCUT2D eigenvalue weighted by Gasteiger charge is 2.15. The second-order valence-corrected chi connectivity index (χ2v) is 6.22. The van der Waals surface area contributed by atoms with Gasteiger partial charge in [-0.2, -0.15) is 0 Å². The van der Waals surface area contributed by atoms with Crippen molar-refractivity contribution in [1.82, 2.24) is 4.98 Å². The number of rotatable bonds is 5. The Morgan fingerprint density at radius 2 is 1.80 bits per heavy atom. The lowest BCUT2D eigenvalue weighted by Gasteiger charge is -2.23. The van der Waals surface area contributed by atoms with Gasteiger partial charge in [0.1, 0.15) is 4.60 Å². The first-order valence-electron chi connectivity index (χ1n) is 7.00. The van der Waals surface area contributed by atoms with Gasteiger partial charge in [-0.15, -0.1) is 0 Å². The molecule has 106 valence electrons. The SMILES string of the molecule is Cc1nc(Br)ccc1NCC(c1ccccc1)C(C)C. The average Bonchev–Trinajstić information content (AvgIpc) is 2.42. The standard InChI is InChI=1S/C17H21BrN2/c1-12(2)15(14-7-5-4-6-8-14)11-19-16-9-10-17(18)20-13(16)3/h4-10,12,15,19H,11H2,1-3H3. The second kappa shape index (κ2) is 6.89. The second-order valence-electron chi connectivity index (χ2n) is 5.41. The molecule has 3 heteroatoms. The van der Waals surface area contributed by atoms with Gasteiger partial charge in [-0.3, -0.25) is 0 Å². The fourth-order valence-electron chi connectivity index (χ4n) is 2.38. The number of halogens is 1. The monoisotopic (exact) mass is 332 g/mol. The summed E-state index contributed by atoms with van der Waals surface area (Å²) in [6.07, 6.45) is 0. The third kappa shape index (κ3) is 3.83. The summed E-state index contributed by atoms with van der Waals surface area (Å²) in [5.74, 6) is 1.09. The van der Waals surface area contributed by atoms with Crippen molar-refractivity contribution in [2.45, 2.75) is 26.7 Å². The Bertz CT molecular complexity index is 552. The molecule has 20 heavy (non-hydrogen) atoms. The van der Waals surface area contributed by atoms with Crippen molar-refractivity contribution in [1.29, 1.82) is 0 Å². The van der Waals surface area contributed by atoms with Crippen LogP contribution in [0.4, 0.5) is 5.69 Å². The number of aryl methyl sites for hydroxylation is 1. The molecular weight excluding hydrogens is 312 g/mol. The van der Waals surface area contributed by atoms with Gasteiger partial charge in [0.05, 0.1) is 11.4 Å². The molecule has 0 aliphatic rings. The van der Waals surface area contributed by atoms with E-state index in [9.17, 15) is 0 Å². The maximum absolute atomic E-state index is 4.42. The van der Waals surface area contributed by atoms with Crippen LogP contribution in [0.15, 0.2) is 47.1 Å². The minimum atomic E-state index is 0.499. The molecule has 0 aliphatic heterocycles. The summed E-state index contributed by atoms with van der Waals surface area (Å²) >= 11 is 3.40. The van der Waals surface area contributed by atoms with Crippen molar-refractivity contribution < 1.29 is 0 Å². The topological polar surface area (TPSA) is 24.9 Å². The van der Waals surface area contributed by atoms with Crippen molar-refractivity contribution in [2.24, 2.45) is 5.92 Å². The molecule has 0 saturated heterocycles. The minimum Gasteiger partial charge on any atom is -0.383 e. The summed E-state index contributed by atoms with van der Waals surface area (Å²) in [6.45, 7) is 7.49. The normalized spacial score (nSPS) is 12.4. The number of benzene rings is 1. The number of pyridine rings is 1. The first kappa shape index (κ1) is 15.0.